The van der Waals surface area contributed by atoms with Gasteiger partial charge in [-0.3, -0.25) is 0 Å². The van der Waals surface area contributed by atoms with Crippen LogP contribution in [0.25, 0.3) is 0 Å². The van der Waals surface area contributed by atoms with E-state index in [-0.39, 0.29) is 23.8 Å². The van der Waals surface area contributed by atoms with Crippen LogP contribution in [0.2, 0.25) is 0 Å². The lowest BCUT2D eigenvalue weighted by molar-refractivity contribution is -0.137. The molecule has 0 spiro atoms. The molecule has 1 aromatic heterocycles. The van der Waals surface area contributed by atoms with Gasteiger partial charge in [-0.05, 0) is 12.8 Å². The molecule has 1 aromatic rings. The van der Waals surface area contributed by atoms with E-state index < -0.39 is 16.9 Å². The summed E-state index contributed by atoms with van der Waals surface area (Å²) in [5, 5.41) is -1.00. The van der Waals surface area contributed by atoms with E-state index in [4.69, 9.17) is 5.73 Å². The van der Waals surface area contributed by atoms with Gasteiger partial charge >= 0.3 is 6.18 Å². The van der Waals surface area contributed by atoms with Crippen molar-refractivity contribution in [3.05, 3.63) is 16.1 Å². The zero-order chi connectivity index (χ0) is 12.0. The fourth-order valence-corrected chi connectivity index (χ4v) is 2.77. The molecule has 1 aliphatic rings. The first-order chi connectivity index (χ1) is 7.31. The Labute approximate surface area is 93.5 Å². The third kappa shape index (κ3) is 2.06. The molecule has 0 bridgehead atoms. The summed E-state index contributed by atoms with van der Waals surface area (Å²) in [6.07, 6.45) is -2.78. The van der Waals surface area contributed by atoms with Crippen molar-refractivity contribution in [1.29, 1.82) is 0 Å². The molecular formula is C9H10F4N2S. The van der Waals surface area contributed by atoms with Crippen molar-refractivity contribution >= 4 is 11.3 Å². The zero-order valence-electron chi connectivity index (χ0n) is 8.22. The van der Waals surface area contributed by atoms with Crippen LogP contribution in [0, 0.1) is 0 Å². The summed E-state index contributed by atoms with van der Waals surface area (Å²) >= 11 is 0.371. The third-order valence-corrected chi connectivity index (χ3v) is 3.91. The third-order valence-electron chi connectivity index (χ3n) is 2.69. The summed E-state index contributed by atoms with van der Waals surface area (Å²) < 4.78 is 51.1. The zero-order valence-corrected chi connectivity index (χ0v) is 9.04. The summed E-state index contributed by atoms with van der Waals surface area (Å²) in [5.74, 6) is 0. The number of halogens is 4. The standard InChI is InChI=1S/C9H10F4N2S/c10-8(2-1-5(14)3-8)6-4-15-7(16-6)9(11,12)13/h4-5H,1-3,14H2. The van der Waals surface area contributed by atoms with Crippen LogP contribution in [0.15, 0.2) is 6.20 Å². The first kappa shape index (κ1) is 11.8. The highest BCUT2D eigenvalue weighted by atomic mass is 32.1. The number of nitrogens with two attached hydrogens (primary N) is 1. The van der Waals surface area contributed by atoms with E-state index in [0.717, 1.165) is 6.20 Å². The average molecular weight is 254 g/mol. The van der Waals surface area contributed by atoms with Gasteiger partial charge in [0.1, 0.15) is 5.67 Å². The molecule has 2 N–H and O–H groups in total. The summed E-state index contributed by atoms with van der Waals surface area (Å²) in [6, 6.07) is -0.276. The predicted molar refractivity (Wildman–Crippen MR) is 51.7 cm³/mol. The lowest BCUT2D eigenvalue weighted by atomic mass is 10.0. The van der Waals surface area contributed by atoms with Crippen molar-refractivity contribution in [3.63, 3.8) is 0 Å². The Balaban J connectivity index is 2.25. The number of aromatic nitrogens is 1. The molecule has 2 atom stereocenters. The predicted octanol–water partition coefficient (Wildman–Crippen LogP) is 2.84. The molecule has 90 valence electrons. The molecule has 7 heteroatoms. The summed E-state index contributed by atoms with van der Waals surface area (Å²) in [5.41, 5.74) is 3.84. The van der Waals surface area contributed by atoms with Crippen LogP contribution in [0.5, 0.6) is 0 Å². The molecule has 1 fully saturated rings. The molecular weight excluding hydrogens is 244 g/mol. The molecule has 1 saturated carbocycles. The minimum atomic E-state index is -4.50. The highest BCUT2D eigenvalue weighted by Crippen LogP contribution is 2.45. The molecule has 2 rings (SSSR count). The lowest BCUT2D eigenvalue weighted by Gasteiger charge is -2.16. The Hall–Kier alpha value is -0.690. The van der Waals surface area contributed by atoms with Gasteiger partial charge in [0.15, 0.2) is 5.01 Å². The highest BCUT2D eigenvalue weighted by Gasteiger charge is 2.43. The molecule has 0 amide bonds. The molecule has 2 unspecified atom stereocenters. The quantitative estimate of drug-likeness (QED) is 0.783. The van der Waals surface area contributed by atoms with Gasteiger partial charge in [-0.1, -0.05) is 0 Å². The van der Waals surface area contributed by atoms with Crippen LogP contribution in [0.3, 0.4) is 0 Å². The number of hydrogen-bond donors (Lipinski definition) is 1. The van der Waals surface area contributed by atoms with E-state index >= 15 is 0 Å². The SMILES string of the molecule is NC1CCC(F)(c2cnc(C(F)(F)F)s2)C1. The Morgan fingerprint density at radius 2 is 2.19 bits per heavy atom. The second-order valence-electron chi connectivity index (χ2n) is 4.00. The molecule has 0 radical (unpaired) electrons. The molecule has 0 saturated heterocycles. The topological polar surface area (TPSA) is 38.9 Å². The van der Waals surface area contributed by atoms with Crippen molar-refractivity contribution in [2.75, 3.05) is 0 Å². The van der Waals surface area contributed by atoms with Gasteiger partial charge in [0.05, 0.1) is 4.88 Å². The van der Waals surface area contributed by atoms with Crippen LogP contribution < -0.4 is 5.73 Å². The number of rotatable bonds is 1. The van der Waals surface area contributed by atoms with Crippen LogP contribution in [-0.4, -0.2) is 11.0 Å². The van der Waals surface area contributed by atoms with E-state index in [0.29, 0.717) is 17.8 Å². The molecule has 0 aromatic carbocycles. The maximum atomic E-state index is 14.2. The van der Waals surface area contributed by atoms with Crippen molar-refractivity contribution in [2.45, 2.75) is 37.1 Å². The van der Waals surface area contributed by atoms with Gasteiger partial charge in [-0.2, -0.15) is 13.2 Å². The fraction of sp³-hybridized carbons (Fsp3) is 0.667. The lowest BCUT2D eigenvalue weighted by Crippen LogP contribution is -2.20. The maximum Gasteiger partial charge on any atom is 0.443 e. The van der Waals surface area contributed by atoms with Gasteiger partial charge in [-0.25, -0.2) is 9.37 Å². The van der Waals surface area contributed by atoms with Crippen LogP contribution in [0.4, 0.5) is 17.6 Å². The van der Waals surface area contributed by atoms with Crippen molar-refractivity contribution < 1.29 is 17.6 Å². The van der Waals surface area contributed by atoms with E-state index in [1.807, 2.05) is 0 Å². The second kappa shape index (κ2) is 3.66. The van der Waals surface area contributed by atoms with Gasteiger partial charge in [0.2, 0.25) is 0 Å². The Morgan fingerprint density at radius 3 is 2.62 bits per heavy atom. The average Bonchev–Trinajstić information content (AvgIpc) is 2.71. The second-order valence-corrected chi connectivity index (χ2v) is 5.03. The van der Waals surface area contributed by atoms with Crippen LogP contribution >= 0.6 is 11.3 Å². The number of thiazole rings is 1. The van der Waals surface area contributed by atoms with Gasteiger partial charge < -0.3 is 5.73 Å². The minimum absolute atomic E-state index is 0.0350. The van der Waals surface area contributed by atoms with Gasteiger partial charge in [-0.15, -0.1) is 11.3 Å². The minimum Gasteiger partial charge on any atom is -0.328 e. The maximum absolute atomic E-state index is 14.2. The van der Waals surface area contributed by atoms with Gasteiger partial charge in [0.25, 0.3) is 0 Å². The summed E-state index contributed by atoms with van der Waals surface area (Å²) in [7, 11) is 0. The molecule has 0 aliphatic heterocycles. The van der Waals surface area contributed by atoms with E-state index in [1.165, 1.54) is 0 Å². The molecule has 16 heavy (non-hydrogen) atoms. The largest absolute Gasteiger partial charge is 0.443 e. The summed E-state index contributed by atoms with van der Waals surface area (Å²) in [4.78, 5) is 3.25. The molecule has 2 nitrogen and oxygen atoms in total. The van der Waals surface area contributed by atoms with E-state index in [9.17, 15) is 17.6 Å². The van der Waals surface area contributed by atoms with Crippen LogP contribution in [-0.2, 0) is 11.8 Å². The van der Waals surface area contributed by atoms with E-state index in [1.54, 1.807) is 0 Å². The Morgan fingerprint density at radius 1 is 1.50 bits per heavy atom. The highest BCUT2D eigenvalue weighted by molar-refractivity contribution is 7.11. The summed E-state index contributed by atoms with van der Waals surface area (Å²) in [6.45, 7) is 0. The van der Waals surface area contributed by atoms with Crippen molar-refractivity contribution in [3.8, 4) is 0 Å². The van der Waals surface area contributed by atoms with Crippen molar-refractivity contribution in [2.24, 2.45) is 5.73 Å². The number of hydrogen-bond acceptors (Lipinski definition) is 3. The Kier molecular flexibility index (Phi) is 2.70. The number of alkyl halides is 4. The van der Waals surface area contributed by atoms with Crippen molar-refractivity contribution in [1.82, 2.24) is 4.98 Å². The Bertz CT molecular complexity index is 389. The van der Waals surface area contributed by atoms with Gasteiger partial charge in [0, 0.05) is 18.7 Å². The molecule has 1 aliphatic carbocycles. The normalized spacial score (nSPS) is 30.9. The van der Waals surface area contributed by atoms with E-state index in [2.05, 4.69) is 4.98 Å². The first-order valence-electron chi connectivity index (χ1n) is 4.79. The fourth-order valence-electron chi connectivity index (χ4n) is 1.87. The number of nitrogens with zero attached hydrogens (tertiary/aromatic N) is 1. The van der Waals surface area contributed by atoms with Crippen LogP contribution in [0.1, 0.15) is 29.1 Å². The first-order valence-corrected chi connectivity index (χ1v) is 5.61. The molecule has 1 heterocycles. The smallest absolute Gasteiger partial charge is 0.328 e. The monoisotopic (exact) mass is 254 g/mol.